The summed E-state index contributed by atoms with van der Waals surface area (Å²) in [5, 5.41) is 97.8. The fourth-order valence-electron chi connectivity index (χ4n) is 6.88. The van der Waals surface area contributed by atoms with Gasteiger partial charge in [-0.3, -0.25) is 47.9 Å². The Kier molecular flexibility index (Phi) is 52.1. The molecule has 0 aromatic rings. The van der Waals surface area contributed by atoms with Gasteiger partial charge in [0.05, 0.1) is 175 Å². The molecule has 0 rings (SSSR count). The summed E-state index contributed by atoms with van der Waals surface area (Å²) in [5.74, 6) is -6.77. The average Bonchev–Trinajstić information content (AvgIpc) is 3.72. The van der Waals surface area contributed by atoms with Crippen LogP contribution >= 0.6 is 12.6 Å². The van der Waals surface area contributed by atoms with Gasteiger partial charge in [0.1, 0.15) is 24.5 Å². The number of thiol groups is 1. The van der Waals surface area contributed by atoms with E-state index in [9.17, 15) is 83.4 Å². The van der Waals surface area contributed by atoms with Crippen molar-refractivity contribution in [3.63, 3.8) is 0 Å². The summed E-state index contributed by atoms with van der Waals surface area (Å²) in [6.07, 6.45) is -10.4. The standard InChI is InChI=1S/C53H96N10O27S/c1-63(53(82)41(91)6-11-66)35-49(78)60-34-48(77)59-33-47(76)58-32-46(75)57-31-45(74)56-30-44(73)54-8-13-84-15-17-86-19-21-88-23-25-90-27-26-89-24-22-87-20-18-85-16-14-83-12-7-43(72)62-36(52(81)61-29-40(70)51(80)38(68)5-10-65)2-3-42(71)55-28-39(69)50(79)37(67)4-9-64/h11,36-41,50-51,64-65,67-70,79-80,91H,2-10,12-35H2,1H3,(H,54,73)(H,55,71)(H,56,74)(H,57,75)(H,58,76)(H,59,77)(H,60,78)(H,61,81)(H,62,72)/t36-,37+,38+,39-,40-,41?,50-,51-/m0/s1. The molecule has 37 nitrogen and oxygen atoms in total. The van der Waals surface area contributed by atoms with Gasteiger partial charge < -0.3 is 136 Å². The van der Waals surface area contributed by atoms with E-state index in [-0.39, 0.29) is 104 Å². The first-order chi connectivity index (χ1) is 43.6. The Morgan fingerprint density at radius 1 is 0.418 bits per heavy atom. The molecule has 10 amide bonds. The summed E-state index contributed by atoms with van der Waals surface area (Å²) in [7, 11) is 1.33. The molecule has 0 bridgehead atoms. The highest BCUT2D eigenvalue weighted by Crippen LogP contribution is 2.07. The van der Waals surface area contributed by atoms with E-state index in [1.165, 1.54) is 7.05 Å². The van der Waals surface area contributed by atoms with E-state index in [0.29, 0.717) is 59.1 Å². The van der Waals surface area contributed by atoms with Crippen LogP contribution in [0.4, 0.5) is 0 Å². The number of likely N-dealkylation sites (N-methyl/N-ethyl adjacent to an activating group) is 1. The van der Waals surface area contributed by atoms with Crippen LogP contribution in [0.2, 0.25) is 0 Å². The van der Waals surface area contributed by atoms with Crippen molar-refractivity contribution in [1.82, 2.24) is 52.8 Å². The third-order valence-corrected chi connectivity index (χ3v) is 12.4. The zero-order chi connectivity index (χ0) is 68.0. The number of amides is 10. The van der Waals surface area contributed by atoms with E-state index in [2.05, 4.69) is 60.5 Å². The van der Waals surface area contributed by atoms with E-state index in [4.69, 9.17) is 48.1 Å². The minimum Gasteiger partial charge on any atom is -0.396 e. The van der Waals surface area contributed by atoms with Gasteiger partial charge in [-0.25, -0.2) is 0 Å². The first-order valence-corrected chi connectivity index (χ1v) is 29.8. The van der Waals surface area contributed by atoms with Crippen molar-refractivity contribution in [1.29, 1.82) is 0 Å². The van der Waals surface area contributed by atoms with Crippen molar-refractivity contribution in [2.75, 3.05) is 185 Å². The monoisotopic (exact) mass is 1340 g/mol. The highest BCUT2D eigenvalue weighted by atomic mass is 32.1. The molecular formula is C53H96N10O27S. The largest absolute Gasteiger partial charge is 0.396 e. The Labute approximate surface area is 532 Å². The van der Waals surface area contributed by atoms with Gasteiger partial charge in [-0.1, -0.05) is 0 Å². The molecule has 17 N–H and O–H groups in total. The van der Waals surface area contributed by atoms with E-state index in [1.807, 2.05) is 0 Å². The van der Waals surface area contributed by atoms with Crippen LogP contribution < -0.4 is 47.9 Å². The topological polar surface area (TPSA) is 535 Å². The Morgan fingerprint density at radius 2 is 0.769 bits per heavy atom. The molecule has 8 atom stereocenters. The number of nitrogens with one attached hydrogen (secondary N) is 9. The highest BCUT2D eigenvalue weighted by Gasteiger charge is 2.29. The minimum atomic E-state index is -1.71. The number of aliphatic hydroxyl groups is 8. The van der Waals surface area contributed by atoms with Crippen LogP contribution in [0.25, 0.3) is 0 Å². The Morgan fingerprint density at radius 3 is 1.15 bits per heavy atom. The number of nitrogens with zero attached hydrogens (tertiary/aromatic N) is 1. The molecule has 0 aliphatic rings. The number of hydrogen-bond acceptors (Lipinski definition) is 28. The van der Waals surface area contributed by atoms with Gasteiger partial charge in [-0.2, -0.15) is 12.6 Å². The molecule has 91 heavy (non-hydrogen) atoms. The second kappa shape index (κ2) is 55.7. The predicted molar refractivity (Wildman–Crippen MR) is 317 cm³/mol. The molecular weight excluding hydrogens is 1240 g/mol. The lowest BCUT2D eigenvalue weighted by molar-refractivity contribution is -0.135. The van der Waals surface area contributed by atoms with Crippen LogP contribution in [0, 0.1) is 0 Å². The van der Waals surface area contributed by atoms with Crippen LogP contribution in [0.15, 0.2) is 0 Å². The predicted octanol–water partition coefficient (Wildman–Crippen LogP) is -11.0. The zero-order valence-corrected chi connectivity index (χ0v) is 52.2. The van der Waals surface area contributed by atoms with Gasteiger partial charge in [0.25, 0.3) is 0 Å². The summed E-state index contributed by atoms with van der Waals surface area (Å²) in [5.41, 5.74) is 0. The van der Waals surface area contributed by atoms with Gasteiger partial charge >= 0.3 is 0 Å². The molecule has 38 heteroatoms. The molecule has 0 radical (unpaired) electrons. The molecule has 0 heterocycles. The summed E-state index contributed by atoms with van der Waals surface area (Å²) in [6, 6.07) is -1.32. The summed E-state index contributed by atoms with van der Waals surface area (Å²) in [4.78, 5) is 134. The molecule has 0 aliphatic heterocycles. The summed E-state index contributed by atoms with van der Waals surface area (Å²) in [6.45, 7) is -0.455. The van der Waals surface area contributed by atoms with E-state index < -0.39 is 166 Å². The number of aliphatic hydroxyl groups excluding tert-OH is 8. The lowest BCUT2D eigenvalue weighted by atomic mass is 10.0. The van der Waals surface area contributed by atoms with Gasteiger partial charge in [-0.05, 0) is 19.3 Å². The van der Waals surface area contributed by atoms with Gasteiger partial charge in [0, 0.05) is 59.2 Å². The third-order valence-electron chi connectivity index (χ3n) is 12.0. The lowest BCUT2D eigenvalue weighted by Crippen LogP contribution is -2.51. The SMILES string of the molecule is CN(CC(=O)NCC(=O)NCC(=O)NCC(=O)NCC(=O)NCC(=O)NCCOCCOCCOCCOCCOCCOCCOCCOCCC(=O)N[C@@H](CCC(=O)NC[C@H](O)[C@@H](O)[C@H](O)CCO)C(=O)NC[C@H](O)[C@@H](O)[C@H](O)CCO)C(=O)C(S)CC=O. The van der Waals surface area contributed by atoms with Crippen molar-refractivity contribution < 1.29 is 131 Å². The molecule has 0 saturated heterocycles. The summed E-state index contributed by atoms with van der Waals surface area (Å²) < 4.78 is 43.5. The van der Waals surface area contributed by atoms with Crippen LogP contribution in [-0.4, -0.2) is 344 Å². The maximum absolute atomic E-state index is 13.0. The Hall–Kier alpha value is -5.92. The normalized spacial score (nSPS) is 13.8. The lowest BCUT2D eigenvalue weighted by Gasteiger charge is -2.24. The van der Waals surface area contributed by atoms with Crippen molar-refractivity contribution in [3.05, 3.63) is 0 Å². The van der Waals surface area contributed by atoms with Crippen LogP contribution in [0.3, 0.4) is 0 Å². The average molecular weight is 1340 g/mol. The maximum atomic E-state index is 13.0. The fraction of sp³-hybridized carbons (Fsp3) is 0.792. The second-order valence-corrected chi connectivity index (χ2v) is 20.1. The van der Waals surface area contributed by atoms with Crippen LogP contribution in [0.5, 0.6) is 0 Å². The van der Waals surface area contributed by atoms with E-state index in [1.54, 1.807) is 0 Å². The maximum Gasteiger partial charge on any atom is 0.242 e. The number of carbonyl (C=O) groups is 11. The minimum absolute atomic E-state index is 0.0591. The highest BCUT2D eigenvalue weighted by molar-refractivity contribution is 7.81. The zero-order valence-electron chi connectivity index (χ0n) is 51.3. The number of aldehydes is 1. The van der Waals surface area contributed by atoms with Gasteiger partial charge in [0.15, 0.2) is 0 Å². The smallest absolute Gasteiger partial charge is 0.242 e. The molecule has 0 spiro atoms. The van der Waals surface area contributed by atoms with Crippen molar-refractivity contribution >= 4 is 78.0 Å². The summed E-state index contributed by atoms with van der Waals surface area (Å²) >= 11 is 3.98. The first-order valence-electron chi connectivity index (χ1n) is 29.3. The number of rotatable bonds is 59. The Balaban J connectivity index is 3.92. The second-order valence-electron chi connectivity index (χ2n) is 19.5. The third kappa shape index (κ3) is 47.6. The van der Waals surface area contributed by atoms with E-state index in [0.717, 1.165) is 4.90 Å². The van der Waals surface area contributed by atoms with Crippen molar-refractivity contribution in [3.8, 4) is 0 Å². The van der Waals surface area contributed by atoms with Crippen molar-refractivity contribution in [2.24, 2.45) is 0 Å². The number of carbonyl (C=O) groups excluding carboxylic acids is 11. The molecule has 526 valence electrons. The Bertz CT molecular complexity index is 2080. The molecule has 0 aromatic heterocycles. The van der Waals surface area contributed by atoms with Crippen LogP contribution in [-0.2, 0) is 90.6 Å². The van der Waals surface area contributed by atoms with Gasteiger partial charge in [0.2, 0.25) is 59.1 Å². The quantitative estimate of drug-likeness (QED) is 0.0153. The molecule has 0 saturated carbocycles. The van der Waals surface area contributed by atoms with Gasteiger partial charge in [-0.15, -0.1) is 0 Å². The fourth-order valence-corrected chi connectivity index (χ4v) is 7.16. The molecule has 0 aromatic carbocycles. The number of hydrogen-bond donors (Lipinski definition) is 18. The molecule has 0 aliphatic carbocycles. The molecule has 1 unspecified atom stereocenters. The number of ether oxygens (including phenoxy) is 8. The molecule has 0 fully saturated rings. The first kappa shape index (κ1) is 85.1. The van der Waals surface area contributed by atoms with E-state index >= 15 is 0 Å². The van der Waals surface area contributed by atoms with Crippen molar-refractivity contribution in [2.45, 2.75) is 86.4 Å². The van der Waals surface area contributed by atoms with Crippen LogP contribution in [0.1, 0.15) is 38.5 Å².